The number of aryl methyl sites for hydroxylation is 2. The van der Waals surface area contributed by atoms with Gasteiger partial charge in [0.1, 0.15) is 0 Å². The minimum Gasteiger partial charge on any atom is -0.351 e. The second-order valence-corrected chi connectivity index (χ2v) is 9.78. The Bertz CT molecular complexity index is 1310. The monoisotopic (exact) mass is 516 g/mol. The number of halogens is 1. The Labute approximate surface area is 208 Å². The van der Waals surface area contributed by atoms with E-state index in [1.54, 1.807) is 0 Å². The number of thiocarbonyl (C=S) groups is 1. The molecular weight excluding hydrogens is 492 g/mol. The second kappa shape index (κ2) is 8.76. The molecule has 1 fully saturated rings. The largest absolute Gasteiger partial charge is 0.351 e. The molecule has 166 valence electrons. The van der Waals surface area contributed by atoms with E-state index >= 15 is 0 Å². The summed E-state index contributed by atoms with van der Waals surface area (Å²) in [6, 6.07) is 25.2. The Morgan fingerprint density at radius 2 is 1.70 bits per heavy atom. The van der Waals surface area contributed by atoms with E-state index in [4.69, 9.17) is 12.2 Å². The van der Waals surface area contributed by atoms with Crippen molar-refractivity contribution in [2.45, 2.75) is 32.9 Å². The molecular formula is C27H25BrN4S. The van der Waals surface area contributed by atoms with Gasteiger partial charge in [-0.1, -0.05) is 34.1 Å². The molecule has 2 aromatic heterocycles. The van der Waals surface area contributed by atoms with Gasteiger partial charge in [0, 0.05) is 33.4 Å². The first kappa shape index (κ1) is 21.9. The Kier molecular flexibility index (Phi) is 5.81. The molecule has 1 aliphatic rings. The molecule has 3 heterocycles. The van der Waals surface area contributed by atoms with Crippen molar-refractivity contribution in [3.63, 3.8) is 0 Å². The zero-order valence-corrected chi connectivity index (χ0v) is 21.2. The standard InChI is InChI=1S/C27H25BrN4S/c1-17-7-6-8-22(15-17)32-26(25(30-27(32)33)24-9-4-5-14-29-24)23-16-18(2)31(19(23)3)21-12-10-20(28)11-13-21/h4-16,25-26H,1-3H3,(H,30,33)/t25-,26+/m0/s1. The molecule has 0 saturated carbocycles. The molecule has 4 aromatic rings. The number of rotatable bonds is 4. The summed E-state index contributed by atoms with van der Waals surface area (Å²) in [5.74, 6) is 0. The van der Waals surface area contributed by atoms with Gasteiger partial charge in [-0.15, -0.1) is 0 Å². The van der Waals surface area contributed by atoms with Crippen LogP contribution >= 0.6 is 28.1 Å². The van der Waals surface area contributed by atoms with Crippen LogP contribution in [0, 0.1) is 20.8 Å². The van der Waals surface area contributed by atoms with Crippen LogP contribution in [0.3, 0.4) is 0 Å². The average Bonchev–Trinajstić information content (AvgIpc) is 3.30. The molecule has 0 bridgehead atoms. The SMILES string of the molecule is Cc1cccc(N2C(=S)N[C@@H](c3ccccn3)[C@H]2c2cc(C)n(-c3ccc(Br)cc3)c2C)c1. The molecule has 2 atom stereocenters. The minimum absolute atomic E-state index is 0.0235. The summed E-state index contributed by atoms with van der Waals surface area (Å²) in [5.41, 5.74) is 8.04. The number of nitrogens with one attached hydrogen (secondary N) is 1. The minimum atomic E-state index is -0.0573. The van der Waals surface area contributed by atoms with E-state index in [1.807, 2.05) is 18.3 Å². The zero-order chi connectivity index (χ0) is 23.1. The van der Waals surface area contributed by atoms with Crippen LogP contribution in [0.1, 0.15) is 40.3 Å². The van der Waals surface area contributed by atoms with E-state index < -0.39 is 0 Å². The maximum absolute atomic E-state index is 5.89. The fraction of sp³-hybridized carbons (Fsp3) is 0.185. The first-order chi connectivity index (χ1) is 15.9. The molecule has 0 unspecified atom stereocenters. The fourth-order valence-corrected chi connectivity index (χ4v) is 5.41. The maximum Gasteiger partial charge on any atom is 0.174 e. The molecule has 0 radical (unpaired) electrons. The Balaban J connectivity index is 1.68. The van der Waals surface area contributed by atoms with Crippen molar-refractivity contribution in [2.75, 3.05) is 4.90 Å². The molecule has 6 heteroatoms. The van der Waals surface area contributed by atoms with Crippen LogP contribution in [0.25, 0.3) is 5.69 Å². The van der Waals surface area contributed by atoms with Gasteiger partial charge in [-0.05, 0) is 98.7 Å². The smallest absolute Gasteiger partial charge is 0.174 e. The average molecular weight is 517 g/mol. The molecule has 4 nitrogen and oxygen atoms in total. The van der Waals surface area contributed by atoms with Gasteiger partial charge in [-0.2, -0.15) is 0 Å². The third kappa shape index (κ3) is 3.98. The summed E-state index contributed by atoms with van der Waals surface area (Å²) in [5, 5.41) is 4.29. The Hall–Kier alpha value is -2.96. The highest BCUT2D eigenvalue weighted by Gasteiger charge is 2.42. The van der Waals surface area contributed by atoms with Crippen LogP contribution in [0.4, 0.5) is 5.69 Å². The maximum atomic E-state index is 5.89. The summed E-state index contributed by atoms with van der Waals surface area (Å²) in [4.78, 5) is 6.93. The van der Waals surface area contributed by atoms with Crippen molar-refractivity contribution in [3.05, 3.63) is 112 Å². The molecule has 0 spiro atoms. The highest BCUT2D eigenvalue weighted by molar-refractivity contribution is 9.10. The van der Waals surface area contributed by atoms with E-state index in [1.165, 1.54) is 22.5 Å². The zero-order valence-electron chi connectivity index (χ0n) is 18.8. The number of hydrogen-bond acceptors (Lipinski definition) is 2. The third-order valence-electron chi connectivity index (χ3n) is 6.25. The lowest BCUT2D eigenvalue weighted by molar-refractivity contribution is 0.565. The van der Waals surface area contributed by atoms with Crippen LogP contribution in [0.2, 0.25) is 0 Å². The van der Waals surface area contributed by atoms with Gasteiger partial charge in [-0.25, -0.2) is 0 Å². The number of nitrogens with zero attached hydrogens (tertiary/aromatic N) is 3. The Morgan fingerprint density at radius 3 is 2.39 bits per heavy atom. The van der Waals surface area contributed by atoms with Crippen LogP contribution in [-0.4, -0.2) is 14.7 Å². The summed E-state index contributed by atoms with van der Waals surface area (Å²) < 4.78 is 3.38. The van der Waals surface area contributed by atoms with Crippen LogP contribution in [0.5, 0.6) is 0 Å². The van der Waals surface area contributed by atoms with Crippen LogP contribution < -0.4 is 10.2 Å². The van der Waals surface area contributed by atoms with Gasteiger partial charge in [0.15, 0.2) is 5.11 Å². The number of anilines is 1. The molecule has 1 aliphatic heterocycles. The molecule has 33 heavy (non-hydrogen) atoms. The van der Waals surface area contributed by atoms with E-state index in [0.29, 0.717) is 0 Å². The van der Waals surface area contributed by atoms with Crippen molar-refractivity contribution in [3.8, 4) is 5.69 Å². The fourth-order valence-electron chi connectivity index (χ4n) is 4.80. The molecule has 1 saturated heterocycles. The predicted molar refractivity (Wildman–Crippen MR) is 142 cm³/mol. The van der Waals surface area contributed by atoms with Gasteiger partial charge in [-0.3, -0.25) is 4.98 Å². The highest BCUT2D eigenvalue weighted by Crippen LogP contribution is 2.43. The summed E-state index contributed by atoms with van der Waals surface area (Å²) in [7, 11) is 0. The lowest BCUT2D eigenvalue weighted by atomic mass is 9.96. The Morgan fingerprint density at radius 1 is 0.909 bits per heavy atom. The molecule has 2 aromatic carbocycles. The van der Waals surface area contributed by atoms with Crippen molar-refractivity contribution in [1.29, 1.82) is 0 Å². The van der Waals surface area contributed by atoms with Crippen molar-refractivity contribution < 1.29 is 0 Å². The lowest BCUT2D eigenvalue weighted by Gasteiger charge is -2.28. The summed E-state index contributed by atoms with van der Waals surface area (Å²) in [6.07, 6.45) is 1.84. The highest BCUT2D eigenvalue weighted by atomic mass is 79.9. The summed E-state index contributed by atoms with van der Waals surface area (Å²) in [6.45, 7) is 6.46. The quantitative estimate of drug-likeness (QED) is 0.304. The van der Waals surface area contributed by atoms with E-state index in [9.17, 15) is 0 Å². The molecule has 0 aliphatic carbocycles. The topological polar surface area (TPSA) is 33.1 Å². The van der Waals surface area contributed by atoms with E-state index in [-0.39, 0.29) is 12.1 Å². The number of aromatic nitrogens is 2. The van der Waals surface area contributed by atoms with Crippen molar-refractivity contribution in [2.24, 2.45) is 0 Å². The number of hydrogen-bond donors (Lipinski definition) is 1. The van der Waals surface area contributed by atoms with E-state index in [2.05, 4.69) is 117 Å². The van der Waals surface area contributed by atoms with Gasteiger partial charge in [0.2, 0.25) is 0 Å². The number of pyridine rings is 1. The third-order valence-corrected chi connectivity index (χ3v) is 7.09. The molecule has 0 amide bonds. The van der Waals surface area contributed by atoms with Gasteiger partial charge in [0.25, 0.3) is 0 Å². The molecule has 5 rings (SSSR count). The number of benzene rings is 2. The van der Waals surface area contributed by atoms with Crippen LogP contribution in [-0.2, 0) is 0 Å². The first-order valence-corrected chi connectivity index (χ1v) is 12.2. The normalized spacial score (nSPS) is 17.9. The first-order valence-electron chi connectivity index (χ1n) is 11.0. The second-order valence-electron chi connectivity index (χ2n) is 8.47. The van der Waals surface area contributed by atoms with Gasteiger partial charge >= 0.3 is 0 Å². The van der Waals surface area contributed by atoms with E-state index in [0.717, 1.165) is 26.7 Å². The van der Waals surface area contributed by atoms with Crippen molar-refractivity contribution in [1.82, 2.24) is 14.9 Å². The van der Waals surface area contributed by atoms with Crippen molar-refractivity contribution >= 4 is 38.9 Å². The van der Waals surface area contributed by atoms with Gasteiger partial charge in [0.05, 0.1) is 17.8 Å². The van der Waals surface area contributed by atoms with Gasteiger partial charge < -0.3 is 14.8 Å². The predicted octanol–water partition coefficient (Wildman–Crippen LogP) is 6.74. The lowest BCUT2D eigenvalue weighted by Crippen LogP contribution is -2.29. The van der Waals surface area contributed by atoms with Crippen LogP contribution in [0.15, 0.2) is 83.5 Å². The summed E-state index contributed by atoms with van der Waals surface area (Å²) >= 11 is 9.43. The molecule has 1 N–H and O–H groups in total.